The van der Waals surface area contributed by atoms with E-state index in [-0.39, 0.29) is 24.4 Å². The molecular weight excluding hydrogens is 346 g/mol. The maximum atomic E-state index is 14.1. The van der Waals surface area contributed by atoms with Gasteiger partial charge in [-0.05, 0) is 18.2 Å². The molecule has 26 heavy (non-hydrogen) atoms. The third kappa shape index (κ3) is 2.94. The highest BCUT2D eigenvalue weighted by molar-refractivity contribution is 6.07. The number of hydrogen-bond donors (Lipinski definition) is 0. The third-order valence-electron chi connectivity index (χ3n) is 4.88. The Hall–Kier alpha value is -2.48. The van der Waals surface area contributed by atoms with Gasteiger partial charge in [0.2, 0.25) is 5.91 Å². The van der Waals surface area contributed by atoms with Crippen LogP contribution in [0.25, 0.3) is 11.0 Å². The Kier molecular flexibility index (Phi) is 4.36. The van der Waals surface area contributed by atoms with Crippen LogP contribution in [0.5, 0.6) is 0 Å². The maximum absolute atomic E-state index is 14.1. The second-order valence-corrected chi connectivity index (χ2v) is 6.53. The van der Waals surface area contributed by atoms with Crippen LogP contribution in [0.4, 0.5) is 8.78 Å². The minimum atomic E-state index is -1.27. The molecule has 2 atom stereocenters. The first-order valence-electron chi connectivity index (χ1n) is 8.53. The number of fused-ring (bicyclic) bond motifs is 1. The normalized spacial score (nSPS) is 23.6. The van der Waals surface area contributed by atoms with Crippen LogP contribution in [0.2, 0.25) is 0 Å². The predicted octanol–water partition coefficient (Wildman–Crippen LogP) is 1.98. The second kappa shape index (κ2) is 6.68. The van der Waals surface area contributed by atoms with Gasteiger partial charge in [0, 0.05) is 24.9 Å². The lowest BCUT2D eigenvalue weighted by molar-refractivity contribution is -0.139. The molecule has 8 heteroatoms. The van der Waals surface area contributed by atoms with Gasteiger partial charge in [-0.25, -0.2) is 8.78 Å². The Morgan fingerprint density at radius 1 is 1.19 bits per heavy atom. The standard InChI is InChI=1S/C18H18F2N2O4/c19-11-1-2-16-13(7-11)14(10-26-16)17(23)22-9-12(20)8-15(22)18(24)21-3-5-25-6-4-21/h1-2,7,10,12,15H,3-6,8-9H2/t12-,15+/m1/s1. The van der Waals surface area contributed by atoms with Crippen LogP contribution in [0.1, 0.15) is 16.8 Å². The summed E-state index contributed by atoms with van der Waals surface area (Å²) in [7, 11) is 0. The first kappa shape index (κ1) is 17.0. The van der Waals surface area contributed by atoms with E-state index >= 15 is 0 Å². The van der Waals surface area contributed by atoms with Crippen molar-refractivity contribution in [2.75, 3.05) is 32.8 Å². The number of benzene rings is 1. The molecule has 2 saturated heterocycles. The number of morpholine rings is 1. The quantitative estimate of drug-likeness (QED) is 0.818. The summed E-state index contributed by atoms with van der Waals surface area (Å²) < 4.78 is 38.1. The molecule has 0 unspecified atom stereocenters. The molecule has 0 saturated carbocycles. The van der Waals surface area contributed by atoms with E-state index in [2.05, 4.69) is 0 Å². The van der Waals surface area contributed by atoms with Crippen molar-refractivity contribution in [3.63, 3.8) is 0 Å². The maximum Gasteiger partial charge on any atom is 0.258 e. The zero-order valence-corrected chi connectivity index (χ0v) is 14.0. The minimum absolute atomic E-state index is 0.0356. The first-order valence-corrected chi connectivity index (χ1v) is 8.53. The van der Waals surface area contributed by atoms with E-state index < -0.39 is 23.9 Å². The number of likely N-dealkylation sites (tertiary alicyclic amines) is 1. The molecule has 2 amide bonds. The molecule has 6 nitrogen and oxygen atoms in total. The van der Waals surface area contributed by atoms with Crippen molar-refractivity contribution in [2.24, 2.45) is 0 Å². The molecule has 3 heterocycles. The number of halogens is 2. The highest BCUT2D eigenvalue weighted by Crippen LogP contribution is 2.29. The average molecular weight is 364 g/mol. The molecule has 2 aliphatic rings. The molecule has 2 aromatic rings. The summed E-state index contributed by atoms with van der Waals surface area (Å²) in [5.41, 5.74) is 0.496. The highest BCUT2D eigenvalue weighted by Gasteiger charge is 2.42. The van der Waals surface area contributed by atoms with Crippen LogP contribution >= 0.6 is 0 Å². The van der Waals surface area contributed by atoms with E-state index in [4.69, 9.17) is 9.15 Å². The SMILES string of the molecule is O=C([C@@H]1C[C@@H](F)CN1C(=O)c1coc2ccc(F)cc12)N1CCOCC1. The summed E-state index contributed by atoms with van der Waals surface area (Å²) in [6.07, 6.45) is -0.0794. The summed E-state index contributed by atoms with van der Waals surface area (Å²) in [4.78, 5) is 28.6. The van der Waals surface area contributed by atoms with Gasteiger partial charge in [-0.2, -0.15) is 0 Å². The largest absolute Gasteiger partial charge is 0.463 e. The van der Waals surface area contributed by atoms with Crippen molar-refractivity contribution in [1.29, 1.82) is 0 Å². The van der Waals surface area contributed by atoms with E-state index in [9.17, 15) is 18.4 Å². The highest BCUT2D eigenvalue weighted by atomic mass is 19.1. The Morgan fingerprint density at radius 3 is 2.73 bits per heavy atom. The Bertz CT molecular complexity index is 847. The number of carbonyl (C=O) groups excluding carboxylic acids is 2. The van der Waals surface area contributed by atoms with E-state index in [1.807, 2.05) is 0 Å². The van der Waals surface area contributed by atoms with Crippen LogP contribution in [-0.4, -0.2) is 66.7 Å². The predicted molar refractivity (Wildman–Crippen MR) is 87.9 cm³/mol. The topological polar surface area (TPSA) is 63.0 Å². The number of alkyl halides is 1. The number of rotatable bonds is 2. The Morgan fingerprint density at radius 2 is 1.96 bits per heavy atom. The van der Waals surface area contributed by atoms with Gasteiger partial charge in [0.15, 0.2) is 0 Å². The van der Waals surface area contributed by atoms with Gasteiger partial charge in [-0.3, -0.25) is 9.59 Å². The average Bonchev–Trinajstić information content (AvgIpc) is 3.24. The summed E-state index contributed by atoms with van der Waals surface area (Å²) >= 11 is 0. The van der Waals surface area contributed by atoms with Crippen molar-refractivity contribution in [2.45, 2.75) is 18.6 Å². The molecule has 1 aromatic heterocycles. The summed E-state index contributed by atoms with van der Waals surface area (Å²) in [5.74, 6) is -1.31. The van der Waals surface area contributed by atoms with Crippen molar-refractivity contribution < 1.29 is 27.5 Å². The molecule has 2 fully saturated rings. The van der Waals surface area contributed by atoms with Gasteiger partial charge in [0.1, 0.15) is 29.9 Å². The fourth-order valence-electron chi connectivity index (χ4n) is 3.56. The van der Waals surface area contributed by atoms with E-state index in [0.29, 0.717) is 37.3 Å². The van der Waals surface area contributed by atoms with Crippen molar-refractivity contribution in [1.82, 2.24) is 9.80 Å². The van der Waals surface area contributed by atoms with Gasteiger partial charge in [-0.15, -0.1) is 0 Å². The fourth-order valence-corrected chi connectivity index (χ4v) is 3.56. The molecule has 0 N–H and O–H groups in total. The van der Waals surface area contributed by atoms with Crippen molar-refractivity contribution in [3.05, 3.63) is 35.8 Å². The molecule has 138 valence electrons. The van der Waals surface area contributed by atoms with Crippen LogP contribution < -0.4 is 0 Å². The number of furan rings is 1. The van der Waals surface area contributed by atoms with Crippen LogP contribution in [0, 0.1) is 5.82 Å². The second-order valence-electron chi connectivity index (χ2n) is 6.53. The van der Waals surface area contributed by atoms with Gasteiger partial charge >= 0.3 is 0 Å². The summed E-state index contributed by atoms with van der Waals surface area (Å²) in [6.45, 7) is 1.54. The third-order valence-corrected chi connectivity index (χ3v) is 4.88. The molecular formula is C18H18F2N2O4. The summed E-state index contributed by atoms with van der Waals surface area (Å²) in [6, 6.07) is 3.00. The van der Waals surface area contributed by atoms with E-state index in [1.165, 1.54) is 29.4 Å². The molecule has 0 aliphatic carbocycles. The smallest absolute Gasteiger partial charge is 0.258 e. The molecule has 0 spiro atoms. The molecule has 2 aliphatic heterocycles. The Balaban J connectivity index is 1.62. The number of ether oxygens (including phenoxy) is 1. The molecule has 0 bridgehead atoms. The summed E-state index contributed by atoms with van der Waals surface area (Å²) in [5, 5.41) is 0.315. The zero-order chi connectivity index (χ0) is 18.3. The van der Waals surface area contributed by atoms with Crippen molar-refractivity contribution in [3.8, 4) is 0 Å². The fraction of sp³-hybridized carbons (Fsp3) is 0.444. The number of carbonyl (C=O) groups is 2. The lowest BCUT2D eigenvalue weighted by Gasteiger charge is -2.32. The van der Waals surface area contributed by atoms with E-state index in [0.717, 1.165) is 0 Å². The Labute approximate surface area is 148 Å². The number of hydrogen-bond acceptors (Lipinski definition) is 4. The van der Waals surface area contributed by atoms with Gasteiger partial charge < -0.3 is 19.0 Å². The molecule has 1 aromatic carbocycles. The van der Waals surface area contributed by atoms with Crippen LogP contribution in [0.15, 0.2) is 28.9 Å². The zero-order valence-electron chi connectivity index (χ0n) is 14.0. The van der Waals surface area contributed by atoms with E-state index in [1.54, 1.807) is 4.90 Å². The number of amides is 2. The van der Waals surface area contributed by atoms with Gasteiger partial charge in [-0.1, -0.05) is 0 Å². The van der Waals surface area contributed by atoms with Crippen LogP contribution in [-0.2, 0) is 9.53 Å². The van der Waals surface area contributed by atoms with Gasteiger partial charge in [0.05, 0.1) is 25.3 Å². The lowest BCUT2D eigenvalue weighted by Crippen LogP contribution is -2.51. The number of nitrogens with zero attached hydrogens (tertiary/aromatic N) is 2. The monoisotopic (exact) mass is 364 g/mol. The molecule has 4 rings (SSSR count). The first-order chi connectivity index (χ1) is 12.5. The lowest BCUT2D eigenvalue weighted by atomic mass is 10.1. The minimum Gasteiger partial charge on any atom is -0.463 e. The van der Waals surface area contributed by atoms with Crippen LogP contribution in [0.3, 0.4) is 0 Å². The van der Waals surface area contributed by atoms with Crippen molar-refractivity contribution >= 4 is 22.8 Å². The van der Waals surface area contributed by atoms with Gasteiger partial charge in [0.25, 0.3) is 5.91 Å². The molecule has 0 radical (unpaired) electrons.